The molecule has 1 aromatic heterocycles. The van der Waals surface area contributed by atoms with E-state index in [1.807, 2.05) is 26.0 Å². The Morgan fingerprint density at radius 1 is 1.33 bits per heavy atom. The first-order valence-electron chi connectivity index (χ1n) is 7.81. The molecule has 0 saturated heterocycles. The smallest absolute Gasteiger partial charge is 0.147 e. The highest BCUT2D eigenvalue weighted by molar-refractivity contribution is 6.16. The second kappa shape index (κ2) is 5.88. The second-order valence-corrected chi connectivity index (χ2v) is 6.64. The molecule has 1 saturated carbocycles. The summed E-state index contributed by atoms with van der Waals surface area (Å²) in [4.78, 5) is 4.72. The molecule has 2 aromatic rings. The van der Waals surface area contributed by atoms with E-state index in [0.29, 0.717) is 11.8 Å². The van der Waals surface area contributed by atoms with Crippen LogP contribution in [0.5, 0.6) is 5.75 Å². The summed E-state index contributed by atoms with van der Waals surface area (Å²) in [6, 6.07) is 6.14. The van der Waals surface area contributed by atoms with Gasteiger partial charge in [-0.2, -0.15) is 0 Å². The molecule has 21 heavy (non-hydrogen) atoms. The zero-order chi connectivity index (χ0) is 15.0. The molecule has 0 aliphatic heterocycles. The van der Waals surface area contributed by atoms with Crippen molar-refractivity contribution in [3.8, 4) is 5.75 Å². The van der Waals surface area contributed by atoms with Crippen molar-refractivity contribution in [2.75, 3.05) is 0 Å². The minimum Gasteiger partial charge on any atom is -0.489 e. The van der Waals surface area contributed by atoms with Gasteiger partial charge < -0.3 is 9.30 Å². The van der Waals surface area contributed by atoms with Gasteiger partial charge in [-0.05, 0) is 50.7 Å². The van der Waals surface area contributed by atoms with E-state index < -0.39 is 0 Å². The second-order valence-electron chi connectivity index (χ2n) is 6.38. The van der Waals surface area contributed by atoms with E-state index in [9.17, 15) is 0 Å². The van der Waals surface area contributed by atoms with E-state index in [-0.39, 0.29) is 6.10 Å². The minimum atomic E-state index is 0.144. The summed E-state index contributed by atoms with van der Waals surface area (Å²) in [7, 11) is 0. The van der Waals surface area contributed by atoms with Crippen molar-refractivity contribution >= 4 is 22.6 Å². The summed E-state index contributed by atoms with van der Waals surface area (Å²) in [6.07, 6.45) is 2.88. The van der Waals surface area contributed by atoms with Gasteiger partial charge in [-0.3, -0.25) is 0 Å². The fourth-order valence-electron chi connectivity index (χ4n) is 2.93. The Balaban J connectivity index is 2.01. The van der Waals surface area contributed by atoms with Crippen molar-refractivity contribution < 1.29 is 4.74 Å². The van der Waals surface area contributed by atoms with Crippen LogP contribution in [0.15, 0.2) is 18.2 Å². The summed E-state index contributed by atoms with van der Waals surface area (Å²) in [6.45, 7) is 7.39. The molecular formula is C17H23ClN2O. The third-order valence-corrected chi connectivity index (χ3v) is 4.44. The van der Waals surface area contributed by atoms with Crippen LogP contribution in [0.3, 0.4) is 0 Å². The molecular weight excluding hydrogens is 284 g/mol. The van der Waals surface area contributed by atoms with Gasteiger partial charge >= 0.3 is 0 Å². The molecule has 1 aromatic carbocycles. The third-order valence-electron chi connectivity index (χ3n) is 4.20. The summed E-state index contributed by atoms with van der Waals surface area (Å²) in [5, 5.41) is 0. The topological polar surface area (TPSA) is 27.1 Å². The average molecular weight is 307 g/mol. The maximum absolute atomic E-state index is 6.12. The van der Waals surface area contributed by atoms with E-state index >= 15 is 0 Å². The third kappa shape index (κ3) is 3.03. The predicted octanol–water partition coefficient (Wildman–Crippen LogP) is 4.61. The Hall–Kier alpha value is -1.22. The van der Waals surface area contributed by atoms with Gasteiger partial charge in [0.15, 0.2) is 0 Å². The molecule has 0 radical (unpaired) electrons. The summed E-state index contributed by atoms with van der Waals surface area (Å²) in [5.41, 5.74) is 2.07. The fourth-order valence-corrected chi connectivity index (χ4v) is 3.13. The summed E-state index contributed by atoms with van der Waals surface area (Å²) in [5.74, 6) is 3.79. The first-order valence-corrected chi connectivity index (χ1v) is 8.34. The van der Waals surface area contributed by atoms with Crippen LogP contribution < -0.4 is 4.74 Å². The van der Waals surface area contributed by atoms with Gasteiger partial charge in [0.05, 0.1) is 17.5 Å². The Kier molecular flexibility index (Phi) is 4.12. The maximum Gasteiger partial charge on any atom is 0.147 e. The molecule has 1 unspecified atom stereocenters. The number of alkyl halides is 1. The van der Waals surface area contributed by atoms with Crippen LogP contribution in [-0.4, -0.2) is 15.7 Å². The van der Waals surface area contributed by atoms with Crippen molar-refractivity contribution in [2.24, 2.45) is 11.8 Å². The zero-order valence-electron chi connectivity index (χ0n) is 13.0. The number of aromatic nitrogens is 2. The van der Waals surface area contributed by atoms with E-state index in [1.54, 1.807) is 0 Å². The normalized spacial score (nSPS) is 16.6. The molecule has 1 fully saturated rings. The van der Waals surface area contributed by atoms with Gasteiger partial charge in [0.1, 0.15) is 17.1 Å². The quantitative estimate of drug-likeness (QED) is 0.729. The molecule has 1 atom stereocenters. The number of benzene rings is 1. The highest BCUT2D eigenvalue weighted by Crippen LogP contribution is 2.38. The summed E-state index contributed by atoms with van der Waals surface area (Å²) >= 11 is 6.12. The molecule has 0 spiro atoms. The van der Waals surface area contributed by atoms with Gasteiger partial charge in [-0.1, -0.05) is 13.0 Å². The number of halogens is 1. The van der Waals surface area contributed by atoms with Crippen LogP contribution in [0.4, 0.5) is 0 Å². The van der Waals surface area contributed by atoms with Crippen LogP contribution in [0.1, 0.15) is 39.4 Å². The lowest BCUT2D eigenvalue weighted by molar-refractivity contribution is 0.245. The first-order chi connectivity index (χ1) is 10.1. The molecule has 1 aliphatic carbocycles. The molecule has 3 rings (SSSR count). The van der Waals surface area contributed by atoms with Crippen LogP contribution in [0, 0.1) is 11.8 Å². The van der Waals surface area contributed by atoms with Gasteiger partial charge in [-0.15, -0.1) is 11.6 Å². The largest absolute Gasteiger partial charge is 0.489 e. The van der Waals surface area contributed by atoms with E-state index in [2.05, 4.69) is 17.6 Å². The van der Waals surface area contributed by atoms with Gasteiger partial charge in [0.25, 0.3) is 0 Å². The number of hydrogen-bond acceptors (Lipinski definition) is 2. The first kappa shape index (κ1) is 14.7. The van der Waals surface area contributed by atoms with Crippen molar-refractivity contribution in [2.45, 2.75) is 52.1 Å². The van der Waals surface area contributed by atoms with Crippen LogP contribution in [-0.2, 0) is 12.4 Å². The Morgan fingerprint density at radius 2 is 2.10 bits per heavy atom. The van der Waals surface area contributed by atoms with Crippen LogP contribution >= 0.6 is 11.6 Å². The SMILES string of the molecule is CC(C)Oc1cccc2c1nc(CCl)n2CC(C)C1CC1. The van der Waals surface area contributed by atoms with Crippen molar-refractivity contribution in [3.63, 3.8) is 0 Å². The van der Waals surface area contributed by atoms with Crippen LogP contribution in [0.25, 0.3) is 11.0 Å². The van der Waals surface area contributed by atoms with Crippen molar-refractivity contribution in [3.05, 3.63) is 24.0 Å². The number of fused-ring (bicyclic) bond motifs is 1. The standard InChI is InChI=1S/C17H23ClN2O/c1-11(2)21-15-6-4-5-14-17(15)19-16(9-18)20(14)10-12(3)13-7-8-13/h4-6,11-13H,7-10H2,1-3H3. The van der Waals surface area contributed by atoms with Crippen LogP contribution in [0.2, 0.25) is 0 Å². The lowest BCUT2D eigenvalue weighted by atomic mass is 10.1. The number of imidazole rings is 1. The predicted molar refractivity (Wildman–Crippen MR) is 86.9 cm³/mol. The number of para-hydroxylation sites is 1. The molecule has 114 valence electrons. The number of rotatable bonds is 6. The Bertz CT molecular complexity index is 631. The summed E-state index contributed by atoms with van der Waals surface area (Å²) < 4.78 is 8.16. The molecule has 0 bridgehead atoms. The highest BCUT2D eigenvalue weighted by Gasteiger charge is 2.29. The maximum atomic E-state index is 6.12. The molecule has 0 amide bonds. The molecule has 1 heterocycles. The lowest BCUT2D eigenvalue weighted by Crippen LogP contribution is -2.11. The molecule has 0 N–H and O–H groups in total. The molecule has 3 nitrogen and oxygen atoms in total. The van der Waals surface area contributed by atoms with E-state index in [4.69, 9.17) is 21.3 Å². The molecule has 1 aliphatic rings. The fraction of sp³-hybridized carbons (Fsp3) is 0.588. The molecule has 4 heteroatoms. The van der Waals surface area contributed by atoms with Gasteiger partial charge in [-0.25, -0.2) is 4.98 Å². The zero-order valence-corrected chi connectivity index (χ0v) is 13.7. The Morgan fingerprint density at radius 3 is 2.71 bits per heavy atom. The van der Waals surface area contributed by atoms with E-state index in [0.717, 1.165) is 35.1 Å². The minimum absolute atomic E-state index is 0.144. The number of ether oxygens (including phenoxy) is 1. The highest BCUT2D eigenvalue weighted by atomic mass is 35.5. The number of hydrogen-bond donors (Lipinski definition) is 0. The van der Waals surface area contributed by atoms with Crippen molar-refractivity contribution in [1.82, 2.24) is 9.55 Å². The van der Waals surface area contributed by atoms with E-state index in [1.165, 1.54) is 12.8 Å². The monoisotopic (exact) mass is 306 g/mol. The van der Waals surface area contributed by atoms with Gasteiger partial charge in [0, 0.05) is 6.54 Å². The number of nitrogens with zero attached hydrogens (tertiary/aromatic N) is 2. The van der Waals surface area contributed by atoms with Crippen molar-refractivity contribution in [1.29, 1.82) is 0 Å². The Labute approximate surface area is 131 Å². The lowest BCUT2D eigenvalue weighted by Gasteiger charge is -2.14. The van der Waals surface area contributed by atoms with Gasteiger partial charge in [0.2, 0.25) is 0 Å². The average Bonchev–Trinajstić information content (AvgIpc) is 3.23.